The molecule has 0 spiro atoms. The van der Waals surface area contributed by atoms with Gasteiger partial charge in [-0.1, -0.05) is 191 Å². The van der Waals surface area contributed by atoms with E-state index < -0.39 is 20.0 Å². The SMILES string of the molecule is CC/C=C/C/C=C/C/C=C/CCCCCCC(=O)NC(COP(=O)(O)OCC[N+](C)(C)C)C(/C=C/CCCCCCCCCCCC)OC(=O)CCCCC/C=C\CCCCCCCCC. The Balaban J connectivity index is 5.47. The maximum Gasteiger partial charge on any atom is 0.472 e. The van der Waals surface area contributed by atoms with Gasteiger partial charge in [-0.25, -0.2) is 4.57 Å². The molecular weight excluding hydrogens is 844 g/mol. The van der Waals surface area contributed by atoms with Crippen molar-refractivity contribution in [3.05, 3.63) is 60.8 Å². The molecule has 0 heterocycles. The number of nitrogens with zero attached hydrogens (tertiary/aromatic N) is 1. The number of nitrogens with one attached hydrogen (secondary N) is 1. The lowest BCUT2D eigenvalue weighted by Gasteiger charge is -2.27. The summed E-state index contributed by atoms with van der Waals surface area (Å²) in [7, 11) is 1.47. The molecule has 0 aromatic heterocycles. The number of carbonyl (C=O) groups excluding carboxylic acids is 2. The largest absolute Gasteiger partial charge is 0.472 e. The summed E-state index contributed by atoms with van der Waals surface area (Å²) in [6.07, 6.45) is 56.4. The van der Waals surface area contributed by atoms with Crippen molar-refractivity contribution in [2.75, 3.05) is 40.9 Å². The van der Waals surface area contributed by atoms with Crippen LogP contribution in [0, 0.1) is 0 Å². The summed E-state index contributed by atoms with van der Waals surface area (Å²) in [5, 5.41) is 3.02. The number of rotatable bonds is 48. The average molecular weight is 948 g/mol. The Labute approximate surface area is 407 Å². The summed E-state index contributed by atoms with van der Waals surface area (Å²) in [5.41, 5.74) is 0. The van der Waals surface area contributed by atoms with Crippen LogP contribution in [0.3, 0.4) is 0 Å². The third-order valence-corrected chi connectivity index (χ3v) is 12.7. The van der Waals surface area contributed by atoms with Gasteiger partial charge in [-0.15, -0.1) is 0 Å². The van der Waals surface area contributed by atoms with Gasteiger partial charge in [-0.05, 0) is 89.5 Å². The molecule has 0 aromatic carbocycles. The monoisotopic (exact) mass is 948 g/mol. The molecule has 384 valence electrons. The summed E-state index contributed by atoms with van der Waals surface area (Å²) in [4.78, 5) is 37.4. The van der Waals surface area contributed by atoms with Crippen LogP contribution in [-0.4, -0.2) is 74.3 Å². The van der Waals surface area contributed by atoms with E-state index in [1.165, 1.54) is 96.3 Å². The van der Waals surface area contributed by atoms with Gasteiger partial charge >= 0.3 is 13.8 Å². The van der Waals surface area contributed by atoms with Crippen LogP contribution in [-0.2, 0) is 27.9 Å². The highest BCUT2D eigenvalue weighted by atomic mass is 31.2. The highest BCUT2D eigenvalue weighted by Crippen LogP contribution is 2.43. The first-order chi connectivity index (χ1) is 31.9. The minimum atomic E-state index is -4.45. The molecule has 3 atom stereocenters. The second kappa shape index (κ2) is 46.4. The fourth-order valence-electron chi connectivity index (χ4n) is 7.48. The number of ether oxygens (including phenoxy) is 1. The van der Waals surface area contributed by atoms with E-state index in [0.29, 0.717) is 23.9 Å². The van der Waals surface area contributed by atoms with Gasteiger partial charge < -0.3 is 19.4 Å². The quantitative estimate of drug-likeness (QED) is 0.0205. The van der Waals surface area contributed by atoms with E-state index in [1.54, 1.807) is 0 Å². The predicted molar refractivity (Wildman–Crippen MR) is 282 cm³/mol. The van der Waals surface area contributed by atoms with Gasteiger partial charge in [0, 0.05) is 12.8 Å². The minimum absolute atomic E-state index is 0.0320. The van der Waals surface area contributed by atoms with Crippen LogP contribution in [0.5, 0.6) is 0 Å². The zero-order chi connectivity index (χ0) is 48.7. The van der Waals surface area contributed by atoms with Crippen molar-refractivity contribution < 1.29 is 37.3 Å². The van der Waals surface area contributed by atoms with Gasteiger partial charge in [0.2, 0.25) is 5.91 Å². The Morgan fingerprint density at radius 3 is 1.48 bits per heavy atom. The normalized spacial score (nSPS) is 14.3. The van der Waals surface area contributed by atoms with Crippen molar-refractivity contribution >= 4 is 19.7 Å². The van der Waals surface area contributed by atoms with E-state index in [-0.39, 0.29) is 31.5 Å². The number of hydrogen-bond donors (Lipinski definition) is 2. The topological polar surface area (TPSA) is 111 Å². The van der Waals surface area contributed by atoms with Crippen molar-refractivity contribution in [2.24, 2.45) is 0 Å². The number of carbonyl (C=O) groups is 2. The lowest BCUT2D eigenvalue weighted by atomic mass is 10.0. The van der Waals surface area contributed by atoms with Gasteiger partial charge in [0.15, 0.2) is 0 Å². The minimum Gasteiger partial charge on any atom is -0.456 e. The third-order valence-electron chi connectivity index (χ3n) is 11.7. The van der Waals surface area contributed by atoms with Crippen LogP contribution >= 0.6 is 7.82 Å². The summed E-state index contributed by atoms with van der Waals surface area (Å²) in [6, 6.07) is -0.865. The number of phosphoric acid groups is 1. The first kappa shape index (κ1) is 63.7. The summed E-state index contributed by atoms with van der Waals surface area (Å²) >= 11 is 0. The Kier molecular flexibility index (Phi) is 44.8. The molecule has 3 unspecified atom stereocenters. The first-order valence-electron chi connectivity index (χ1n) is 27.1. The van der Waals surface area contributed by atoms with E-state index in [2.05, 4.69) is 74.7 Å². The number of phosphoric ester groups is 1. The number of hydrogen-bond acceptors (Lipinski definition) is 6. The van der Waals surface area contributed by atoms with Crippen LogP contribution in [0.4, 0.5) is 0 Å². The number of esters is 1. The summed E-state index contributed by atoms with van der Waals surface area (Å²) in [5.74, 6) is -0.551. The van der Waals surface area contributed by atoms with Crippen molar-refractivity contribution in [3.8, 4) is 0 Å². The molecule has 0 aliphatic carbocycles. The van der Waals surface area contributed by atoms with Gasteiger partial charge in [0.1, 0.15) is 19.3 Å². The van der Waals surface area contributed by atoms with E-state index in [0.717, 1.165) is 96.3 Å². The van der Waals surface area contributed by atoms with E-state index in [1.807, 2.05) is 33.3 Å². The highest BCUT2D eigenvalue weighted by Gasteiger charge is 2.30. The van der Waals surface area contributed by atoms with Crippen LogP contribution in [0.25, 0.3) is 0 Å². The molecule has 0 saturated heterocycles. The number of unbranched alkanes of at least 4 members (excludes halogenated alkanes) is 24. The maximum atomic E-state index is 13.4. The fourth-order valence-corrected chi connectivity index (χ4v) is 8.21. The lowest BCUT2D eigenvalue weighted by Crippen LogP contribution is -2.47. The number of allylic oxidation sites excluding steroid dienone is 9. The predicted octanol–water partition coefficient (Wildman–Crippen LogP) is 15.9. The summed E-state index contributed by atoms with van der Waals surface area (Å²) in [6.45, 7) is 6.85. The molecule has 0 fully saturated rings. The Morgan fingerprint density at radius 2 is 0.970 bits per heavy atom. The molecule has 10 heteroatoms. The fraction of sp³-hybridized carbons (Fsp3) is 0.786. The number of likely N-dealkylation sites (N-methyl/N-ethyl adjacent to an activating group) is 1. The number of quaternary nitrogens is 1. The smallest absolute Gasteiger partial charge is 0.456 e. The Hall–Kier alpha value is -2.29. The average Bonchev–Trinajstić information content (AvgIpc) is 3.27. The Morgan fingerprint density at radius 1 is 0.545 bits per heavy atom. The van der Waals surface area contributed by atoms with E-state index in [4.69, 9.17) is 13.8 Å². The van der Waals surface area contributed by atoms with Gasteiger partial charge in [0.25, 0.3) is 0 Å². The highest BCUT2D eigenvalue weighted by molar-refractivity contribution is 7.47. The lowest BCUT2D eigenvalue weighted by molar-refractivity contribution is -0.870. The van der Waals surface area contributed by atoms with Crippen LogP contribution in [0.1, 0.15) is 233 Å². The second-order valence-corrected chi connectivity index (χ2v) is 20.8. The molecule has 0 rings (SSSR count). The first-order valence-corrected chi connectivity index (χ1v) is 28.6. The molecule has 66 heavy (non-hydrogen) atoms. The summed E-state index contributed by atoms with van der Waals surface area (Å²) < 4.78 is 30.5. The molecule has 0 aromatic rings. The Bertz CT molecular complexity index is 1320. The standard InChI is InChI=1S/C56H103N2O7P/c1-7-10-13-16-19-22-25-28-30-33-36-39-42-45-48-55(59)57-53(52-64-66(61,62)63-51-50-58(4,5)6)54(47-44-41-38-35-32-27-24-21-18-15-12-9-3)65-56(60)49-46-43-40-37-34-31-29-26-23-20-17-14-11-8-2/h10,13,19,22,28,30-31,34,44,47,53-54H,7-9,11-12,14-18,20-21,23-27,29,32-33,35-43,45-46,48-52H2,1-6H3,(H-,57,59,61,62)/p+1/b13-10+,22-19+,30-28+,34-31-,47-44+. The van der Waals surface area contributed by atoms with Crippen molar-refractivity contribution in [1.82, 2.24) is 5.32 Å². The third kappa shape index (κ3) is 46.8. The molecule has 0 aliphatic heterocycles. The van der Waals surface area contributed by atoms with Crippen molar-refractivity contribution in [1.29, 1.82) is 0 Å². The second-order valence-electron chi connectivity index (χ2n) is 19.4. The molecule has 9 nitrogen and oxygen atoms in total. The van der Waals surface area contributed by atoms with Crippen LogP contribution < -0.4 is 5.32 Å². The molecule has 0 bridgehead atoms. The van der Waals surface area contributed by atoms with Gasteiger partial charge in [-0.3, -0.25) is 18.6 Å². The molecule has 0 aliphatic rings. The number of amides is 1. The van der Waals surface area contributed by atoms with Crippen LogP contribution in [0.2, 0.25) is 0 Å². The molecule has 0 saturated carbocycles. The van der Waals surface area contributed by atoms with Crippen LogP contribution in [0.15, 0.2) is 60.8 Å². The van der Waals surface area contributed by atoms with Crippen molar-refractivity contribution in [2.45, 2.75) is 245 Å². The van der Waals surface area contributed by atoms with Crippen molar-refractivity contribution in [3.63, 3.8) is 0 Å². The van der Waals surface area contributed by atoms with E-state index >= 15 is 0 Å². The maximum absolute atomic E-state index is 13.4. The molecular formula is C56H104N2O7P+. The van der Waals surface area contributed by atoms with Gasteiger partial charge in [0.05, 0.1) is 33.8 Å². The zero-order valence-corrected chi connectivity index (χ0v) is 44.6. The van der Waals surface area contributed by atoms with Gasteiger partial charge in [-0.2, -0.15) is 0 Å². The van der Waals surface area contributed by atoms with E-state index in [9.17, 15) is 19.0 Å². The molecule has 0 radical (unpaired) electrons. The molecule has 1 amide bonds. The molecule has 2 N–H and O–H groups in total. The zero-order valence-electron chi connectivity index (χ0n) is 43.7.